The summed E-state index contributed by atoms with van der Waals surface area (Å²) in [5.41, 5.74) is 1.40. The zero-order valence-corrected chi connectivity index (χ0v) is 27.2. The van der Waals surface area contributed by atoms with Gasteiger partial charge in [-0.25, -0.2) is 12.8 Å². The predicted octanol–water partition coefficient (Wildman–Crippen LogP) is 6.88. The molecule has 0 bridgehead atoms. The van der Waals surface area contributed by atoms with Crippen LogP contribution in [0.4, 0.5) is 10.1 Å². The monoisotopic (exact) mass is 669 g/mol. The van der Waals surface area contributed by atoms with Gasteiger partial charge in [0, 0.05) is 24.0 Å². The molecule has 7 nitrogen and oxygen atoms in total. The number of rotatable bonds is 13. The Morgan fingerprint density at radius 1 is 0.867 bits per heavy atom. The fraction of sp³-hybridized carbons (Fsp3) is 0.235. The zero-order valence-electron chi connectivity index (χ0n) is 24.9. The van der Waals surface area contributed by atoms with Crippen molar-refractivity contribution in [1.82, 2.24) is 10.2 Å². The summed E-state index contributed by atoms with van der Waals surface area (Å²) in [4.78, 5) is 29.6. The zero-order chi connectivity index (χ0) is 32.6. The number of hydrogen-bond donors (Lipinski definition) is 1. The van der Waals surface area contributed by atoms with Crippen molar-refractivity contribution in [3.63, 3.8) is 0 Å². The van der Waals surface area contributed by atoms with E-state index in [2.05, 4.69) is 5.32 Å². The quantitative estimate of drug-likeness (QED) is 0.168. The van der Waals surface area contributed by atoms with Crippen LogP contribution in [0.25, 0.3) is 0 Å². The summed E-state index contributed by atoms with van der Waals surface area (Å²) in [5.74, 6) is -1.51. The molecule has 0 aliphatic heterocycles. The number of benzene rings is 4. The van der Waals surface area contributed by atoms with Crippen molar-refractivity contribution >= 4 is 50.7 Å². The van der Waals surface area contributed by atoms with Crippen molar-refractivity contribution in [3.05, 3.63) is 130 Å². The van der Waals surface area contributed by atoms with Crippen LogP contribution in [0.5, 0.6) is 0 Å². The third kappa shape index (κ3) is 8.84. The van der Waals surface area contributed by atoms with Gasteiger partial charge in [0.25, 0.3) is 10.0 Å². The van der Waals surface area contributed by atoms with Crippen LogP contribution in [-0.2, 0) is 32.6 Å². The highest BCUT2D eigenvalue weighted by Gasteiger charge is 2.35. The number of halogens is 3. The molecule has 0 aliphatic rings. The van der Waals surface area contributed by atoms with Crippen LogP contribution >= 0.6 is 23.2 Å². The molecule has 0 heterocycles. The highest BCUT2D eigenvalue weighted by molar-refractivity contribution is 7.92. The first-order chi connectivity index (χ1) is 21.5. The number of hydrogen-bond acceptors (Lipinski definition) is 4. The summed E-state index contributed by atoms with van der Waals surface area (Å²) in [6.45, 7) is 3.03. The number of nitrogens with one attached hydrogen (secondary N) is 1. The van der Waals surface area contributed by atoms with E-state index in [-0.39, 0.29) is 39.6 Å². The lowest BCUT2D eigenvalue weighted by Gasteiger charge is -2.34. The van der Waals surface area contributed by atoms with Crippen molar-refractivity contribution in [3.8, 4) is 0 Å². The van der Waals surface area contributed by atoms with Gasteiger partial charge in [0.2, 0.25) is 11.8 Å². The molecule has 0 aromatic heterocycles. The van der Waals surface area contributed by atoms with Gasteiger partial charge in [0.15, 0.2) is 0 Å². The average Bonchev–Trinajstić information content (AvgIpc) is 3.03. The Morgan fingerprint density at radius 2 is 1.49 bits per heavy atom. The number of sulfonamides is 1. The SMILES string of the molecule is CC[C@H](C)NC(=O)[C@H](Cc1ccccc1)N(Cc1ccc(F)cc1)C(=O)CN(c1ccc(Cl)cc1Cl)S(=O)(=O)c1ccccc1. The van der Waals surface area contributed by atoms with Crippen molar-refractivity contribution in [2.45, 2.75) is 50.2 Å². The number of nitrogens with zero attached hydrogens (tertiary/aromatic N) is 2. The van der Waals surface area contributed by atoms with Gasteiger partial charge in [-0.3, -0.25) is 13.9 Å². The Bertz CT molecular complexity index is 1710. The van der Waals surface area contributed by atoms with Gasteiger partial charge in [-0.15, -0.1) is 0 Å². The normalized spacial score (nSPS) is 12.6. The van der Waals surface area contributed by atoms with E-state index in [1.807, 2.05) is 44.2 Å². The fourth-order valence-electron chi connectivity index (χ4n) is 4.70. The van der Waals surface area contributed by atoms with Crippen molar-refractivity contribution in [1.29, 1.82) is 0 Å². The third-order valence-corrected chi connectivity index (χ3v) is 9.64. The highest BCUT2D eigenvalue weighted by Crippen LogP contribution is 2.33. The molecule has 45 heavy (non-hydrogen) atoms. The van der Waals surface area contributed by atoms with Crippen LogP contribution in [0.15, 0.2) is 108 Å². The van der Waals surface area contributed by atoms with E-state index >= 15 is 0 Å². The summed E-state index contributed by atoms with van der Waals surface area (Å²) >= 11 is 12.6. The number of carbonyl (C=O) groups is 2. The van der Waals surface area contributed by atoms with Gasteiger partial charge in [-0.1, -0.05) is 90.8 Å². The first-order valence-corrected chi connectivity index (χ1v) is 16.6. The van der Waals surface area contributed by atoms with Gasteiger partial charge in [-0.2, -0.15) is 0 Å². The van der Waals surface area contributed by atoms with E-state index in [4.69, 9.17) is 23.2 Å². The molecule has 4 rings (SSSR count). The molecule has 0 saturated heterocycles. The first kappa shape index (κ1) is 34.0. The standard InChI is InChI=1S/C34H34Cl2FN3O4S/c1-3-24(2)38-34(42)32(20-25-10-6-4-7-11-25)39(22-26-14-17-28(37)18-15-26)33(41)23-40(31-19-16-27(35)21-30(31)36)45(43,44)29-12-8-5-9-13-29/h4-19,21,24,32H,3,20,22-23H2,1-2H3,(H,38,42)/t24-,32-/m0/s1. The predicted molar refractivity (Wildman–Crippen MR) is 176 cm³/mol. The Balaban J connectivity index is 1.82. The molecule has 4 aromatic carbocycles. The molecule has 0 fully saturated rings. The molecule has 11 heteroatoms. The molecule has 4 aromatic rings. The van der Waals surface area contributed by atoms with E-state index in [1.54, 1.807) is 18.2 Å². The Hall–Kier alpha value is -3.92. The number of anilines is 1. The van der Waals surface area contributed by atoms with Crippen molar-refractivity contribution in [2.75, 3.05) is 10.8 Å². The summed E-state index contributed by atoms with van der Waals surface area (Å²) < 4.78 is 42.8. The highest BCUT2D eigenvalue weighted by atomic mass is 35.5. The second kappa shape index (κ2) is 15.4. The Kier molecular flexibility index (Phi) is 11.6. The molecule has 2 amide bonds. The maximum Gasteiger partial charge on any atom is 0.264 e. The van der Waals surface area contributed by atoms with Crippen molar-refractivity contribution in [2.24, 2.45) is 0 Å². The minimum atomic E-state index is -4.32. The molecular weight excluding hydrogens is 636 g/mol. The molecule has 0 spiro atoms. The lowest BCUT2D eigenvalue weighted by molar-refractivity contribution is -0.140. The molecule has 1 N–H and O–H groups in total. The maximum atomic E-state index is 14.4. The molecule has 236 valence electrons. The molecule has 0 unspecified atom stereocenters. The molecule has 0 aliphatic carbocycles. The van der Waals surface area contributed by atoms with Crippen LogP contribution in [-0.4, -0.2) is 43.8 Å². The molecular formula is C34H34Cl2FN3O4S. The van der Waals surface area contributed by atoms with Gasteiger partial charge in [0.1, 0.15) is 18.4 Å². The second-order valence-corrected chi connectivity index (χ2v) is 13.3. The Labute approximate surface area is 273 Å². The van der Waals surface area contributed by atoms with Crippen molar-refractivity contribution < 1.29 is 22.4 Å². The fourth-order valence-corrected chi connectivity index (χ4v) is 6.71. The number of carbonyl (C=O) groups excluding carboxylic acids is 2. The van der Waals surface area contributed by atoms with Gasteiger partial charge in [-0.05, 0) is 66.9 Å². The summed E-state index contributed by atoms with van der Waals surface area (Å²) in [6.07, 6.45) is 0.817. The van der Waals surface area contributed by atoms with E-state index in [9.17, 15) is 22.4 Å². The average molecular weight is 671 g/mol. The van der Waals surface area contributed by atoms with Gasteiger partial charge in [0.05, 0.1) is 15.6 Å². The minimum Gasteiger partial charge on any atom is -0.352 e. The Morgan fingerprint density at radius 3 is 2.09 bits per heavy atom. The van der Waals surface area contributed by atoms with Crippen LogP contribution in [0.3, 0.4) is 0 Å². The van der Waals surface area contributed by atoms with Crippen LogP contribution in [0.1, 0.15) is 31.4 Å². The number of amides is 2. The maximum absolute atomic E-state index is 14.4. The first-order valence-electron chi connectivity index (χ1n) is 14.4. The molecule has 0 saturated carbocycles. The van der Waals surface area contributed by atoms with Gasteiger partial charge < -0.3 is 10.2 Å². The topological polar surface area (TPSA) is 86.8 Å². The van der Waals surface area contributed by atoms with Crippen LogP contribution < -0.4 is 9.62 Å². The lowest BCUT2D eigenvalue weighted by Crippen LogP contribution is -2.54. The minimum absolute atomic E-state index is 0.0234. The van der Waals surface area contributed by atoms with Gasteiger partial charge >= 0.3 is 0 Å². The molecule has 0 radical (unpaired) electrons. The summed E-state index contributed by atoms with van der Waals surface area (Å²) in [7, 11) is -4.32. The van der Waals surface area contributed by atoms with E-state index in [0.29, 0.717) is 12.0 Å². The summed E-state index contributed by atoms with van der Waals surface area (Å²) in [6, 6.07) is 25.6. The van der Waals surface area contributed by atoms with E-state index < -0.39 is 40.2 Å². The van der Waals surface area contributed by atoms with Crippen LogP contribution in [0.2, 0.25) is 10.0 Å². The third-order valence-electron chi connectivity index (χ3n) is 7.33. The van der Waals surface area contributed by atoms with Crippen LogP contribution in [0, 0.1) is 5.82 Å². The van der Waals surface area contributed by atoms with E-state index in [1.165, 1.54) is 59.5 Å². The second-order valence-electron chi connectivity index (χ2n) is 10.6. The molecule has 2 atom stereocenters. The summed E-state index contributed by atoms with van der Waals surface area (Å²) in [5, 5.41) is 3.29. The lowest BCUT2D eigenvalue weighted by atomic mass is 10.0. The largest absolute Gasteiger partial charge is 0.352 e. The smallest absolute Gasteiger partial charge is 0.264 e. The van der Waals surface area contributed by atoms with E-state index in [0.717, 1.165) is 9.87 Å².